The lowest BCUT2D eigenvalue weighted by atomic mass is 10.1. The number of Topliss-reactive ketones (excluding diaryl/α,β-unsaturated/α-hetero) is 1. The van der Waals surface area contributed by atoms with Gasteiger partial charge >= 0.3 is 0 Å². The second-order valence-electron chi connectivity index (χ2n) is 5.00. The van der Waals surface area contributed by atoms with E-state index in [0.717, 1.165) is 18.2 Å². The Morgan fingerprint density at radius 3 is 2.41 bits per heavy atom. The van der Waals surface area contributed by atoms with Crippen LogP contribution in [-0.4, -0.2) is 16.2 Å². The molecule has 0 amide bonds. The van der Waals surface area contributed by atoms with Crippen LogP contribution in [0.2, 0.25) is 0 Å². The third-order valence-corrected chi connectivity index (χ3v) is 4.45. The molecule has 3 nitrogen and oxygen atoms in total. The standard InChI is InChI=1S/C16H12F2O3S/c1-22(20)15-5-4-14(12-2-3-13(19)16(12)15)21-11-7-9(17)6-10(18)8-11/h4-8H,2-3H2,1H3. The molecule has 6 heteroatoms. The molecule has 22 heavy (non-hydrogen) atoms. The van der Waals surface area contributed by atoms with Gasteiger partial charge in [-0.25, -0.2) is 8.78 Å². The quantitative estimate of drug-likeness (QED) is 0.867. The second-order valence-corrected chi connectivity index (χ2v) is 6.35. The summed E-state index contributed by atoms with van der Waals surface area (Å²) >= 11 is 0. The van der Waals surface area contributed by atoms with Crippen molar-refractivity contribution in [2.45, 2.75) is 17.7 Å². The smallest absolute Gasteiger partial charge is 0.164 e. The van der Waals surface area contributed by atoms with E-state index < -0.39 is 22.4 Å². The molecule has 0 N–H and O–H groups in total. The zero-order chi connectivity index (χ0) is 15.9. The highest BCUT2D eigenvalue weighted by molar-refractivity contribution is 7.84. The molecule has 0 spiro atoms. The van der Waals surface area contributed by atoms with Crippen molar-refractivity contribution < 1.29 is 22.5 Å². The molecule has 114 valence electrons. The second kappa shape index (κ2) is 5.61. The van der Waals surface area contributed by atoms with E-state index in [1.54, 1.807) is 12.1 Å². The summed E-state index contributed by atoms with van der Waals surface area (Å²) in [5.74, 6) is -1.19. The monoisotopic (exact) mass is 322 g/mol. The van der Waals surface area contributed by atoms with Crippen molar-refractivity contribution in [2.75, 3.05) is 6.26 Å². The SMILES string of the molecule is CS(=O)c1ccc(Oc2cc(F)cc(F)c2)c2c1C(=O)CC2. The summed E-state index contributed by atoms with van der Waals surface area (Å²) in [4.78, 5) is 12.5. The summed E-state index contributed by atoms with van der Waals surface area (Å²) in [7, 11) is -1.29. The van der Waals surface area contributed by atoms with E-state index in [0.29, 0.717) is 34.6 Å². The molecule has 0 bridgehead atoms. The lowest BCUT2D eigenvalue weighted by Crippen LogP contribution is -2.02. The Labute approximate surface area is 128 Å². The molecule has 1 aliphatic carbocycles. The van der Waals surface area contributed by atoms with Gasteiger partial charge in [-0.1, -0.05) is 0 Å². The van der Waals surface area contributed by atoms with E-state index in [-0.39, 0.29) is 11.5 Å². The summed E-state index contributed by atoms with van der Waals surface area (Å²) in [5, 5.41) is 0. The lowest BCUT2D eigenvalue weighted by Gasteiger charge is -2.12. The Morgan fingerprint density at radius 1 is 1.09 bits per heavy atom. The van der Waals surface area contributed by atoms with Gasteiger partial charge in [-0.2, -0.15) is 0 Å². The van der Waals surface area contributed by atoms with Gasteiger partial charge in [-0.05, 0) is 18.6 Å². The number of carbonyl (C=O) groups excluding carboxylic acids is 1. The van der Waals surface area contributed by atoms with Gasteiger partial charge < -0.3 is 4.74 Å². The number of ketones is 1. The average Bonchev–Trinajstić information content (AvgIpc) is 2.80. The molecule has 0 saturated heterocycles. The number of benzene rings is 2. The summed E-state index contributed by atoms with van der Waals surface area (Å²) < 4.78 is 43.7. The molecule has 0 heterocycles. The van der Waals surface area contributed by atoms with E-state index in [9.17, 15) is 17.8 Å². The van der Waals surface area contributed by atoms with Crippen LogP contribution in [0.1, 0.15) is 22.3 Å². The maximum absolute atomic E-state index is 13.2. The molecule has 0 radical (unpaired) electrons. The third-order valence-electron chi connectivity index (χ3n) is 3.49. The number of ether oxygens (including phenoxy) is 1. The number of hydrogen-bond donors (Lipinski definition) is 0. The Morgan fingerprint density at radius 2 is 1.77 bits per heavy atom. The fraction of sp³-hybridized carbons (Fsp3) is 0.188. The van der Waals surface area contributed by atoms with E-state index in [1.165, 1.54) is 6.26 Å². The number of halogens is 2. The van der Waals surface area contributed by atoms with Gasteiger partial charge in [0.15, 0.2) is 5.78 Å². The van der Waals surface area contributed by atoms with Crippen molar-refractivity contribution in [1.29, 1.82) is 0 Å². The summed E-state index contributed by atoms with van der Waals surface area (Å²) in [6.45, 7) is 0. The van der Waals surface area contributed by atoms with Crippen LogP contribution < -0.4 is 4.74 Å². The highest BCUT2D eigenvalue weighted by atomic mass is 32.2. The van der Waals surface area contributed by atoms with Gasteiger partial charge in [0.25, 0.3) is 0 Å². The zero-order valence-electron chi connectivity index (χ0n) is 11.7. The van der Waals surface area contributed by atoms with Crippen LogP contribution in [0.15, 0.2) is 35.2 Å². The maximum Gasteiger partial charge on any atom is 0.164 e. The van der Waals surface area contributed by atoms with Gasteiger partial charge in [-0.3, -0.25) is 9.00 Å². The van der Waals surface area contributed by atoms with Gasteiger partial charge in [0.1, 0.15) is 23.1 Å². The lowest BCUT2D eigenvalue weighted by molar-refractivity contribution is 0.0992. The molecule has 1 unspecified atom stereocenters. The Kier molecular flexibility index (Phi) is 3.78. The molecular formula is C16H12F2O3S. The minimum Gasteiger partial charge on any atom is -0.457 e. The number of rotatable bonds is 3. The predicted octanol–water partition coefficient (Wildman–Crippen LogP) is 3.62. The van der Waals surface area contributed by atoms with E-state index in [1.807, 2.05) is 0 Å². The molecule has 3 rings (SSSR count). The molecule has 2 aromatic rings. The van der Waals surface area contributed by atoms with Crippen molar-refractivity contribution >= 4 is 16.6 Å². The van der Waals surface area contributed by atoms with Crippen LogP contribution in [0.5, 0.6) is 11.5 Å². The highest BCUT2D eigenvalue weighted by Crippen LogP contribution is 2.37. The van der Waals surface area contributed by atoms with Crippen LogP contribution in [0, 0.1) is 11.6 Å². The first-order chi connectivity index (χ1) is 10.5. The van der Waals surface area contributed by atoms with Crippen LogP contribution >= 0.6 is 0 Å². The van der Waals surface area contributed by atoms with Gasteiger partial charge in [0, 0.05) is 46.9 Å². The molecular weight excluding hydrogens is 310 g/mol. The topological polar surface area (TPSA) is 43.4 Å². The number of hydrogen-bond acceptors (Lipinski definition) is 3. The first-order valence-corrected chi connectivity index (χ1v) is 8.18. The summed E-state index contributed by atoms with van der Waals surface area (Å²) in [5.41, 5.74) is 1.05. The fourth-order valence-electron chi connectivity index (χ4n) is 2.57. The molecule has 0 aromatic heterocycles. The Balaban J connectivity index is 2.06. The molecule has 1 atom stereocenters. The Bertz CT molecular complexity index is 782. The Hall–Kier alpha value is -2.08. The minimum atomic E-state index is -1.29. The zero-order valence-corrected chi connectivity index (χ0v) is 12.5. The largest absolute Gasteiger partial charge is 0.457 e. The maximum atomic E-state index is 13.2. The van der Waals surface area contributed by atoms with Crippen molar-refractivity contribution in [3.05, 3.63) is 53.1 Å². The van der Waals surface area contributed by atoms with Crippen molar-refractivity contribution in [2.24, 2.45) is 0 Å². The third kappa shape index (κ3) is 2.66. The van der Waals surface area contributed by atoms with Crippen molar-refractivity contribution in [1.82, 2.24) is 0 Å². The first kappa shape index (κ1) is 14.8. The number of fused-ring (bicyclic) bond motifs is 1. The van der Waals surface area contributed by atoms with Crippen molar-refractivity contribution in [3.8, 4) is 11.5 Å². The average molecular weight is 322 g/mol. The predicted molar refractivity (Wildman–Crippen MR) is 77.9 cm³/mol. The van der Waals surface area contributed by atoms with Crippen molar-refractivity contribution in [3.63, 3.8) is 0 Å². The van der Waals surface area contributed by atoms with Crippen LogP contribution in [0.3, 0.4) is 0 Å². The fourth-order valence-corrected chi connectivity index (χ4v) is 3.36. The molecule has 0 fully saturated rings. The van der Waals surface area contributed by atoms with E-state index in [2.05, 4.69) is 0 Å². The number of carbonyl (C=O) groups is 1. The molecule has 0 aliphatic heterocycles. The molecule has 1 aliphatic rings. The molecule has 0 saturated carbocycles. The van der Waals surface area contributed by atoms with E-state index >= 15 is 0 Å². The normalized spacial score (nSPS) is 14.8. The van der Waals surface area contributed by atoms with Crippen LogP contribution in [0.4, 0.5) is 8.78 Å². The van der Waals surface area contributed by atoms with Gasteiger partial charge in [0.05, 0.1) is 10.8 Å². The van der Waals surface area contributed by atoms with Crippen LogP contribution in [-0.2, 0) is 17.2 Å². The first-order valence-electron chi connectivity index (χ1n) is 6.62. The van der Waals surface area contributed by atoms with Gasteiger partial charge in [-0.15, -0.1) is 0 Å². The van der Waals surface area contributed by atoms with Gasteiger partial charge in [0.2, 0.25) is 0 Å². The minimum absolute atomic E-state index is 0.0180. The highest BCUT2D eigenvalue weighted by Gasteiger charge is 2.28. The summed E-state index contributed by atoms with van der Waals surface area (Å²) in [6, 6.07) is 6.03. The summed E-state index contributed by atoms with van der Waals surface area (Å²) in [6.07, 6.45) is 2.29. The van der Waals surface area contributed by atoms with Crippen LogP contribution in [0.25, 0.3) is 0 Å². The molecule has 2 aromatic carbocycles. The van der Waals surface area contributed by atoms with E-state index in [4.69, 9.17) is 4.74 Å².